The third-order valence-electron chi connectivity index (χ3n) is 6.51. The number of hydrogen-bond donors (Lipinski definition) is 1. The number of nitrogens with one attached hydrogen (secondary N) is 1. The van der Waals surface area contributed by atoms with Crippen LogP contribution in [0.3, 0.4) is 0 Å². The van der Waals surface area contributed by atoms with Gasteiger partial charge in [0.1, 0.15) is 5.75 Å². The first-order chi connectivity index (χ1) is 15.1. The number of amides is 1. The maximum absolute atomic E-state index is 12.7. The largest absolute Gasteiger partial charge is 0.494 e. The lowest BCUT2D eigenvalue weighted by Crippen LogP contribution is -2.37. The molecule has 1 saturated heterocycles. The second kappa shape index (κ2) is 10.2. The van der Waals surface area contributed by atoms with Crippen LogP contribution in [0.25, 0.3) is 0 Å². The molecule has 2 heterocycles. The summed E-state index contributed by atoms with van der Waals surface area (Å²) < 4.78 is 5.49. The maximum Gasteiger partial charge on any atom is 0.224 e. The SMILES string of the molecule is CCOc1ccc(CC(=O)NCC(c2ccc3c(c2)CCCN3C)N2CCCC2)cc1. The van der Waals surface area contributed by atoms with Crippen molar-refractivity contribution in [3.63, 3.8) is 0 Å². The van der Waals surface area contributed by atoms with Crippen molar-refractivity contribution in [3.05, 3.63) is 59.2 Å². The summed E-state index contributed by atoms with van der Waals surface area (Å²) in [5, 5.41) is 3.21. The number of carbonyl (C=O) groups is 1. The first-order valence-electron chi connectivity index (χ1n) is 11.7. The quantitative estimate of drug-likeness (QED) is 0.701. The second-order valence-electron chi connectivity index (χ2n) is 8.73. The predicted octanol–water partition coefficient (Wildman–Crippen LogP) is 3.96. The van der Waals surface area contributed by atoms with Crippen LogP contribution < -0.4 is 15.0 Å². The van der Waals surface area contributed by atoms with Crippen LogP contribution in [0.1, 0.15) is 48.9 Å². The highest BCUT2D eigenvalue weighted by molar-refractivity contribution is 5.78. The molecule has 1 atom stereocenters. The molecule has 5 heteroatoms. The Morgan fingerprint density at radius 1 is 1.06 bits per heavy atom. The van der Waals surface area contributed by atoms with Crippen LogP contribution in [-0.4, -0.2) is 50.6 Å². The predicted molar refractivity (Wildman–Crippen MR) is 126 cm³/mol. The molecule has 1 N–H and O–H groups in total. The minimum absolute atomic E-state index is 0.0750. The van der Waals surface area contributed by atoms with E-state index in [1.54, 1.807) is 0 Å². The van der Waals surface area contributed by atoms with E-state index in [1.807, 2.05) is 31.2 Å². The molecule has 166 valence electrons. The molecule has 31 heavy (non-hydrogen) atoms. The van der Waals surface area contributed by atoms with Crippen LogP contribution in [0.15, 0.2) is 42.5 Å². The van der Waals surface area contributed by atoms with Crippen molar-refractivity contribution in [2.75, 3.05) is 44.7 Å². The molecule has 0 radical (unpaired) electrons. The molecular formula is C26H35N3O2. The molecule has 1 amide bonds. The first-order valence-corrected chi connectivity index (χ1v) is 11.7. The van der Waals surface area contributed by atoms with E-state index >= 15 is 0 Å². The van der Waals surface area contributed by atoms with E-state index in [0.29, 0.717) is 19.6 Å². The molecule has 0 aliphatic carbocycles. The lowest BCUT2D eigenvalue weighted by Gasteiger charge is -2.32. The van der Waals surface area contributed by atoms with E-state index in [0.717, 1.165) is 37.4 Å². The first kappa shape index (κ1) is 21.7. The number of hydrogen-bond acceptors (Lipinski definition) is 4. The number of nitrogens with zero attached hydrogens (tertiary/aromatic N) is 2. The van der Waals surface area contributed by atoms with Crippen molar-refractivity contribution in [2.24, 2.45) is 0 Å². The molecule has 2 aliphatic rings. The zero-order valence-electron chi connectivity index (χ0n) is 18.9. The molecule has 0 spiro atoms. The average molecular weight is 422 g/mol. The minimum atomic E-state index is 0.0750. The van der Waals surface area contributed by atoms with Crippen LogP contribution in [0.5, 0.6) is 5.75 Å². The molecule has 2 aromatic rings. The molecule has 5 nitrogen and oxygen atoms in total. The highest BCUT2D eigenvalue weighted by Crippen LogP contribution is 2.31. The van der Waals surface area contributed by atoms with E-state index in [1.165, 1.54) is 36.1 Å². The zero-order valence-corrected chi connectivity index (χ0v) is 18.9. The van der Waals surface area contributed by atoms with Gasteiger partial charge in [-0.2, -0.15) is 0 Å². The summed E-state index contributed by atoms with van der Waals surface area (Å²) in [4.78, 5) is 17.6. The number of benzene rings is 2. The van der Waals surface area contributed by atoms with Crippen LogP contribution >= 0.6 is 0 Å². The molecule has 4 rings (SSSR count). The van der Waals surface area contributed by atoms with Gasteiger partial charge in [0.05, 0.1) is 19.1 Å². The standard InChI is InChI=1S/C26H35N3O2/c1-3-31-23-11-8-20(9-12-23)17-26(30)27-19-25(29-15-4-5-16-29)22-10-13-24-21(18-22)7-6-14-28(24)2/h8-13,18,25H,3-7,14-17,19H2,1-2H3,(H,27,30). The third kappa shape index (κ3) is 5.40. The van der Waals surface area contributed by atoms with E-state index in [9.17, 15) is 4.79 Å². The Hall–Kier alpha value is -2.53. The summed E-state index contributed by atoms with van der Waals surface area (Å²) in [6.07, 6.45) is 5.23. The molecule has 1 fully saturated rings. The fraction of sp³-hybridized carbons (Fsp3) is 0.500. The zero-order chi connectivity index (χ0) is 21.6. The molecular weight excluding hydrogens is 386 g/mol. The summed E-state index contributed by atoms with van der Waals surface area (Å²) in [6.45, 7) is 6.62. The highest BCUT2D eigenvalue weighted by atomic mass is 16.5. The van der Waals surface area contributed by atoms with Gasteiger partial charge in [-0.1, -0.05) is 24.3 Å². The number of rotatable bonds is 8. The van der Waals surface area contributed by atoms with Gasteiger partial charge in [0.2, 0.25) is 5.91 Å². The number of ether oxygens (including phenoxy) is 1. The molecule has 0 aromatic heterocycles. The van der Waals surface area contributed by atoms with Gasteiger partial charge in [0, 0.05) is 25.8 Å². The van der Waals surface area contributed by atoms with E-state index in [-0.39, 0.29) is 11.9 Å². The van der Waals surface area contributed by atoms with Gasteiger partial charge in [0.15, 0.2) is 0 Å². The Morgan fingerprint density at radius 2 is 1.84 bits per heavy atom. The highest BCUT2D eigenvalue weighted by Gasteiger charge is 2.25. The third-order valence-corrected chi connectivity index (χ3v) is 6.51. The lowest BCUT2D eigenvalue weighted by molar-refractivity contribution is -0.120. The minimum Gasteiger partial charge on any atom is -0.494 e. The summed E-state index contributed by atoms with van der Waals surface area (Å²) in [6, 6.07) is 15.0. The number of carbonyl (C=O) groups excluding carboxylic acids is 1. The lowest BCUT2D eigenvalue weighted by atomic mass is 9.96. The Morgan fingerprint density at radius 3 is 2.58 bits per heavy atom. The van der Waals surface area contributed by atoms with Crippen LogP contribution in [0.4, 0.5) is 5.69 Å². The Kier molecular flexibility index (Phi) is 7.13. The van der Waals surface area contributed by atoms with Crippen molar-refractivity contribution in [2.45, 2.75) is 45.1 Å². The summed E-state index contributed by atoms with van der Waals surface area (Å²) in [7, 11) is 2.18. The van der Waals surface area contributed by atoms with Gasteiger partial charge in [-0.3, -0.25) is 9.69 Å². The monoisotopic (exact) mass is 421 g/mol. The molecule has 1 unspecified atom stereocenters. The number of fused-ring (bicyclic) bond motifs is 1. The Bertz CT molecular complexity index is 875. The van der Waals surface area contributed by atoms with Gasteiger partial charge in [-0.15, -0.1) is 0 Å². The van der Waals surface area contributed by atoms with Crippen molar-refractivity contribution in [3.8, 4) is 5.75 Å². The fourth-order valence-electron chi connectivity index (χ4n) is 4.85. The van der Waals surface area contributed by atoms with Gasteiger partial charge in [-0.05, 0) is 80.6 Å². The van der Waals surface area contributed by atoms with Gasteiger partial charge in [0.25, 0.3) is 0 Å². The van der Waals surface area contributed by atoms with Crippen LogP contribution in [0.2, 0.25) is 0 Å². The maximum atomic E-state index is 12.7. The summed E-state index contributed by atoms with van der Waals surface area (Å²) in [5.41, 5.74) is 5.14. The van der Waals surface area contributed by atoms with Gasteiger partial charge < -0.3 is 15.0 Å². The Balaban J connectivity index is 1.42. The van der Waals surface area contributed by atoms with Gasteiger partial charge >= 0.3 is 0 Å². The molecule has 0 bridgehead atoms. The second-order valence-corrected chi connectivity index (χ2v) is 8.73. The molecule has 0 saturated carbocycles. The summed E-state index contributed by atoms with van der Waals surface area (Å²) >= 11 is 0. The van der Waals surface area contributed by atoms with Crippen LogP contribution in [-0.2, 0) is 17.6 Å². The van der Waals surface area contributed by atoms with Crippen molar-refractivity contribution >= 4 is 11.6 Å². The summed E-state index contributed by atoms with van der Waals surface area (Å²) in [5.74, 6) is 0.921. The normalized spacial score (nSPS) is 17.3. The Labute approximate surface area is 186 Å². The van der Waals surface area contributed by atoms with Crippen molar-refractivity contribution in [1.82, 2.24) is 10.2 Å². The number of aryl methyl sites for hydroxylation is 1. The topological polar surface area (TPSA) is 44.8 Å². The van der Waals surface area contributed by atoms with Crippen molar-refractivity contribution in [1.29, 1.82) is 0 Å². The van der Waals surface area contributed by atoms with E-state index in [2.05, 4.69) is 40.4 Å². The number of anilines is 1. The number of likely N-dealkylation sites (tertiary alicyclic amines) is 1. The average Bonchev–Trinajstić information content (AvgIpc) is 3.30. The van der Waals surface area contributed by atoms with Gasteiger partial charge in [-0.25, -0.2) is 0 Å². The smallest absolute Gasteiger partial charge is 0.224 e. The molecule has 2 aliphatic heterocycles. The van der Waals surface area contributed by atoms with Crippen LogP contribution in [0, 0.1) is 0 Å². The van der Waals surface area contributed by atoms with Crippen molar-refractivity contribution < 1.29 is 9.53 Å². The van der Waals surface area contributed by atoms with E-state index in [4.69, 9.17) is 4.74 Å². The fourth-order valence-corrected chi connectivity index (χ4v) is 4.85. The van der Waals surface area contributed by atoms with E-state index < -0.39 is 0 Å². The molecule has 2 aromatic carbocycles.